The summed E-state index contributed by atoms with van der Waals surface area (Å²) in [6.07, 6.45) is 2.62. The molecule has 0 spiro atoms. The zero-order valence-electron chi connectivity index (χ0n) is 11.6. The van der Waals surface area contributed by atoms with Crippen molar-refractivity contribution in [2.24, 2.45) is 0 Å². The highest BCUT2D eigenvalue weighted by molar-refractivity contribution is 9.10. The van der Waals surface area contributed by atoms with Gasteiger partial charge >= 0.3 is 0 Å². The number of rotatable bonds is 5. The smallest absolute Gasteiger partial charge is 0.193 e. The van der Waals surface area contributed by atoms with Crippen LogP contribution >= 0.6 is 15.9 Å². The molecule has 1 aliphatic carbocycles. The Morgan fingerprint density at radius 2 is 1.76 bits per heavy atom. The van der Waals surface area contributed by atoms with Crippen molar-refractivity contribution in [1.82, 2.24) is 0 Å². The average Bonchev–Trinajstić information content (AvgIpc) is 3.31. The van der Waals surface area contributed by atoms with Gasteiger partial charge in [-0.25, -0.2) is 0 Å². The predicted molar refractivity (Wildman–Crippen MR) is 84.2 cm³/mol. The first kappa shape index (κ1) is 14.1. The van der Waals surface area contributed by atoms with Crippen molar-refractivity contribution in [3.63, 3.8) is 0 Å². The van der Waals surface area contributed by atoms with E-state index < -0.39 is 0 Å². The third-order valence-electron chi connectivity index (χ3n) is 3.36. The van der Waals surface area contributed by atoms with E-state index in [-0.39, 0.29) is 5.78 Å². The zero-order chi connectivity index (χ0) is 14.8. The van der Waals surface area contributed by atoms with E-state index >= 15 is 0 Å². The van der Waals surface area contributed by atoms with Gasteiger partial charge in [0.1, 0.15) is 11.5 Å². The van der Waals surface area contributed by atoms with E-state index in [0.29, 0.717) is 23.0 Å². The Labute approximate surface area is 132 Å². The Bertz CT molecular complexity index is 660. The number of ether oxygens (including phenoxy) is 2. The minimum Gasteiger partial charge on any atom is -0.496 e. The average molecular weight is 347 g/mol. The summed E-state index contributed by atoms with van der Waals surface area (Å²) in [5.74, 6) is 1.51. The zero-order valence-corrected chi connectivity index (χ0v) is 13.2. The first-order valence-corrected chi connectivity index (χ1v) is 7.61. The van der Waals surface area contributed by atoms with Gasteiger partial charge in [0, 0.05) is 11.1 Å². The van der Waals surface area contributed by atoms with Crippen molar-refractivity contribution in [3.8, 4) is 11.5 Å². The first-order chi connectivity index (χ1) is 10.2. The van der Waals surface area contributed by atoms with Crippen LogP contribution in [0.4, 0.5) is 0 Å². The summed E-state index contributed by atoms with van der Waals surface area (Å²) in [7, 11) is 1.60. The number of hydrogen-bond donors (Lipinski definition) is 0. The van der Waals surface area contributed by atoms with Crippen LogP contribution in [0.15, 0.2) is 46.9 Å². The van der Waals surface area contributed by atoms with E-state index in [2.05, 4.69) is 15.9 Å². The second-order valence-electron chi connectivity index (χ2n) is 5.02. The first-order valence-electron chi connectivity index (χ1n) is 6.82. The van der Waals surface area contributed by atoms with E-state index in [1.165, 1.54) is 0 Å². The SMILES string of the molecule is COc1ccc(C(=O)c2ccc(OC3CC3)cc2)cc1Br. The fraction of sp³-hybridized carbons (Fsp3) is 0.235. The van der Waals surface area contributed by atoms with Crippen molar-refractivity contribution >= 4 is 21.7 Å². The quantitative estimate of drug-likeness (QED) is 0.760. The summed E-state index contributed by atoms with van der Waals surface area (Å²) in [6.45, 7) is 0. The highest BCUT2D eigenvalue weighted by Crippen LogP contribution is 2.28. The molecule has 1 saturated carbocycles. The molecule has 0 amide bonds. The minimum atomic E-state index is -0.0173. The van der Waals surface area contributed by atoms with Gasteiger partial charge in [0.15, 0.2) is 5.78 Å². The van der Waals surface area contributed by atoms with Gasteiger partial charge in [-0.1, -0.05) is 0 Å². The lowest BCUT2D eigenvalue weighted by Gasteiger charge is -2.07. The van der Waals surface area contributed by atoms with Gasteiger partial charge in [0.25, 0.3) is 0 Å². The van der Waals surface area contributed by atoms with Crippen LogP contribution in [0.25, 0.3) is 0 Å². The van der Waals surface area contributed by atoms with E-state index in [0.717, 1.165) is 23.1 Å². The Kier molecular flexibility index (Phi) is 3.97. The Balaban J connectivity index is 1.78. The van der Waals surface area contributed by atoms with Gasteiger partial charge in [0.05, 0.1) is 17.7 Å². The molecule has 0 unspecified atom stereocenters. The second-order valence-corrected chi connectivity index (χ2v) is 5.87. The molecule has 0 radical (unpaired) electrons. The summed E-state index contributed by atoms with van der Waals surface area (Å²) in [4.78, 5) is 12.4. The Morgan fingerprint density at radius 3 is 2.33 bits per heavy atom. The van der Waals surface area contributed by atoms with E-state index in [1.54, 1.807) is 37.4 Å². The minimum absolute atomic E-state index is 0.0173. The van der Waals surface area contributed by atoms with Crippen molar-refractivity contribution in [1.29, 1.82) is 0 Å². The number of benzene rings is 2. The molecular formula is C17H15BrO3. The third kappa shape index (κ3) is 3.27. The molecule has 1 fully saturated rings. The van der Waals surface area contributed by atoms with Crippen LogP contribution in [0.3, 0.4) is 0 Å². The van der Waals surface area contributed by atoms with Crippen LogP contribution in [-0.4, -0.2) is 19.0 Å². The van der Waals surface area contributed by atoms with Gasteiger partial charge in [-0.05, 0) is 71.2 Å². The highest BCUT2D eigenvalue weighted by atomic mass is 79.9. The lowest BCUT2D eigenvalue weighted by molar-refractivity contribution is 0.103. The molecule has 0 heterocycles. The van der Waals surface area contributed by atoms with Crippen LogP contribution in [0.5, 0.6) is 11.5 Å². The maximum atomic E-state index is 12.4. The summed E-state index contributed by atoms with van der Waals surface area (Å²) in [6, 6.07) is 12.6. The fourth-order valence-corrected chi connectivity index (χ4v) is 2.58. The second kappa shape index (κ2) is 5.90. The molecule has 108 valence electrons. The third-order valence-corrected chi connectivity index (χ3v) is 3.98. The van der Waals surface area contributed by atoms with Gasteiger partial charge in [-0.15, -0.1) is 0 Å². The molecular weight excluding hydrogens is 332 g/mol. The lowest BCUT2D eigenvalue weighted by Crippen LogP contribution is -2.02. The summed E-state index contributed by atoms with van der Waals surface area (Å²) in [5.41, 5.74) is 1.27. The molecule has 3 rings (SSSR count). The largest absolute Gasteiger partial charge is 0.496 e. The number of carbonyl (C=O) groups excluding carboxylic acids is 1. The van der Waals surface area contributed by atoms with Crippen molar-refractivity contribution < 1.29 is 14.3 Å². The molecule has 0 N–H and O–H groups in total. The molecule has 0 saturated heterocycles. The Hall–Kier alpha value is -1.81. The lowest BCUT2D eigenvalue weighted by atomic mass is 10.0. The van der Waals surface area contributed by atoms with Crippen LogP contribution < -0.4 is 9.47 Å². The topological polar surface area (TPSA) is 35.5 Å². The summed E-state index contributed by atoms with van der Waals surface area (Å²) in [5, 5.41) is 0. The van der Waals surface area contributed by atoms with E-state index in [1.807, 2.05) is 12.1 Å². The molecule has 2 aromatic carbocycles. The van der Waals surface area contributed by atoms with Gasteiger partial charge in [-0.2, -0.15) is 0 Å². The molecule has 0 atom stereocenters. The standard InChI is InChI=1S/C17H15BrO3/c1-20-16-9-4-12(10-15(16)18)17(19)11-2-5-13(6-3-11)21-14-7-8-14/h2-6,9-10,14H,7-8H2,1H3. The van der Waals surface area contributed by atoms with Crippen LogP contribution in [-0.2, 0) is 0 Å². The number of hydrogen-bond acceptors (Lipinski definition) is 3. The van der Waals surface area contributed by atoms with Crippen molar-refractivity contribution in [2.45, 2.75) is 18.9 Å². The van der Waals surface area contributed by atoms with Crippen molar-refractivity contribution in [3.05, 3.63) is 58.1 Å². The van der Waals surface area contributed by atoms with Crippen LogP contribution in [0.1, 0.15) is 28.8 Å². The monoisotopic (exact) mass is 346 g/mol. The van der Waals surface area contributed by atoms with Gasteiger partial charge < -0.3 is 9.47 Å². The molecule has 1 aliphatic rings. The maximum absolute atomic E-state index is 12.4. The molecule has 4 heteroatoms. The molecule has 0 bridgehead atoms. The molecule has 3 nitrogen and oxygen atoms in total. The summed E-state index contributed by atoms with van der Waals surface area (Å²) < 4.78 is 11.6. The van der Waals surface area contributed by atoms with Crippen LogP contribution in [0, 0.1) is 0 Å². The number of carbonyl (C=O) groups is 1. The number of halogens is 1. The molecule has 0 aliphatic heterocycles. The molecule has 2 aromatic rings. The number of ketones is 1. The van der Waals surface area contributed by atoms with Crippen molar-refractivity contribution in [2.75, 3.05) is 7.11 Å². The van der Waals surface area contributed by atoms with E-state index in [4.69, 9.17) is 9.47 Å². The molecule has 0 aromatic heterocycles. The van der Waals surface area contributed by atoms with E-state index in [9.17, 15) is 4.79 Å². The Morgan fingerprint density at radius 1 is 1.10 bits per heavy atom. The highest BCUT2D eigenvalue weighted by Gasteiger charge is 2.23. The number of methoxy groups -OCH3 is 1. The van der Waals surface area contributed by atoms with Gasteiger partial charge in [0.2, 0.25) is 0 Å². The normalized spacial score (nSPS) is 13.8. The van der Waals surface area contributed by atoms with Crippen LogP contribution in [0.2, 0.25) is 0 Å². The molecule has 21 heavy (non-hydrogen) atoms. The maximum Gasteiger partial charge on any atom is 0.193 e. The predicted octanol–water partition coefficient (Wildman–Crippen LogP) is 4.23. The summed E-state index contributed by atoms with van der Waals surface area (Å²) >= 11 is 3.40. The van der Waals surface area contributed by atoms with Gasteiger partial charge in [-0.3, -0.25) is 4.79 Å². The fourth-order valence-electron chi connectivity index (χ4n) is 2.04.